The molecular formula is C25H21ClF2N4O3. The molecule has 1 saturated heterocycles. The fraction of sp³-hybridized carbons (Fsp3) is 0.240. The summed E-state index contributed by atoms with van der Waals surface area (Å²) in [5.41, 5.74) is 1.60. The van der Waals surface area contributed by atoms with Crippen LogP contribution in [-0.4, -0.2) is 37.2 Å². The van der Waals surface area contributed by atoms with Gasteiger partial charge >= 0.3 is 0 Å². The quantitative estimate of drug-likeness (QED) is 0.503. The molecule has 0 unspecified atom stereocenters. The molecule has 1 fully saturated rings. The number of rotatable bonds is 6. The second kappa shape index (κ2) is 10.6. The Morgan fingerprint density at radius 2 is 1.97 bits per heavy atom. The maximum absolute atomic E-state index is 14.0. The summed E-state index contributed by atoms with van der Waals surface area (Å²) in [4.78, 5) is 19.1. The molecule has 10 heteroatoms. The van der Waals surface area contributed by atoms with Gasteiger partial charge in [-0.05, 0) is 36.4 Å². The molecule has 2 heterocycles. The number of anilines is 2. The number of aromatic nitrogens is 1. The minimum Gasteiger partial charge on any atom is -0.487 e. The van der Waals surface area contributed by atoms with Crippen molar-refractivity contribution in [2.45, 2.75) is 18.9 Å². The minimum atomic E-state index is -0.742. The molecule has 0 atom stereocenters. The highest BCUT2D eigenvalue weighted by molar-refractivity contribution is 6.34. The van der Waals surface area contributed by atoms with Crippen LogP contribution in [-0.2, 0) is 0 Å². The molecule has 1 aromatic heterocycles. The standard InChI is InChI=1S/C25H21ClF2N4O3/c1-34-25-23(18(26)6-9-30-25)24(33)31-20-12-15(14-29)2-4-21(20)32-10-7-17(8-11-32)35-22-5-3-16(27)13-19(22)28/h2-6,9,12-13,17H,7-8,10-11H2,1H3,(H,31,33). The monoisotopic (exact) mass is 498 g/mol. The van der Waals surface area contributed by atoms with Gasteiger partial charge in [0.15, 0.2) is 11.6 Å². The van der Waals surface area contributed by atoms with Crippen LogP contribution in [0.4, 0.5) is 20.2 Å². The number of ether oxygens (including phenoxy) is 2. The number of nitrogens with one attached hydrogen (secondary N) is 1. The van der Waals surface area contributed by atoms with E-state index in [2.05, 4.69) is 16.4 Å². The third kappa shape index (κ3) is 5.44. The Balaban J connectivity index is 1.51. The number of hydrogen-bond acceptors (Lipinski definition) is 6. The van der Waals surface area contributed by atoms with Crippen molar-refractivity contribution < 1.29 is 23.0 Å². The second-order valence-corrected chi connectivity index (χ2v) is 8.26. The highest BCUT2D eigenvalue weighted by atomic mass is 35.5. The zero-order valence-corrected chi connectivity index (χ0v) is 19.5. The van der Waals surface area contributed by atoms with Gasteiger partial charge in [0.25, 0.3) is 5.91 Å². The van der Waals surface area contributed by atoms with E-state index in [-0.39, 0.29) is 28.3 Å². The van der Waals surface area contributed by atoms with E-state index in [4.69, 9.17) is 21.1 Å². The number of carbonyl (C=O) groups is 1. The number of benzene rings is 2. The van der Waals surface area contributed by atoms with Gasteiger partial charge in [-0.15, -0.1) is 0 Å². The van der Waals surface area contributed by atoms with Gasteiger partial charge < -0.3 is 19.7 Å². The SMILES string of the molecule is COc1nccc(Cl)c1C(=O)Nc1cc(C#N)ccc1N1CCC(Oc2ccc(F)cc2F)CC1. The van der Waals surface area contributed by atoms with E-state index >= 15 is 0 Å². The second-order valence-electron chi connectivity index (χ2n) is 7.85. The van der Waals surface area contributed by atoms with E-state index in [1.165, 1.54) is 25.4 Å². The molecule has 35 heavy (non-hydrogen) atoms. The number of piperidine rings is 1. The number of nitrogens with zero attached hydrogens (tertiary/aromatic N) is 3. The first-order chi connectivity index (χ1) is 16.9. The summed E-state index contributed by atoms with van der Waals surface area (Å²) >= 11 is 6.21. The van der Waals surface area contributed by atoms with Crippen molar-refractivity contribution in [3.63, 3.8) is 0 Å². The number of halogens is 3. The number of pyridine rings is 1. The van der Waals surface area contributed by atoms with E-state index < -0.39 is 17.5 Å². The molecule has 1 amide bonds. The van der Waals surface area contributed by atoms with Gasteiger partial charge in [-0.25, -0.2) is 13.8 Å². The van der Waals surface area contributed by atoms with E-state index in [0.717, 1.165) is 12.1 Å². The molecule has 0 aliphatic carbocycles. The highest BCUT2D eigenvalue weighted by Gasteiger charge is 2.25. The fourth-order valence-corrected chi connectivity index (χ4v) is 4.13. The van der Waals surface area contributed by atoms with E-state index in [1.807, 2.05) is 4.90 Å². The molecule has 180 valence electrons. The lowest BCUT2D eigenvalue weighted by Gasteiger charge is -2.35. The molecule has 0 saturated carbocycles. The molecule has 2 aromatic carbocycles. The maximum atomic E-state index is 14.0. The summed E-state index contributed by atoms with van der Waals surface area (Å²) in [6.07, 6.45) is 2.34. The van der Waals surface area contributed by atoms with Gasteiger partial charge in [-0.1, -0.05) is 11.6 Å². The van der Waals surface area contributed by atoms with Crippen LogP contribution in [0.3, 0.4) is 0 Å². The summed E-state index contributed by atoms with van der Waals surface area (Å²) in [5.74, 6) is -1.84. The number of carbonyl (C=O) groups excluding carboxylic acids is 1. The Labute approximate surface area is 205 Å². The van der Waals surface area contributed by atoms with Crippen molar-refractivity contribution >= 4 is 28.9 Å². The summed E-state index contributed by atoms with van der Waals surface area (Å²) in [5, 5.41) is 12.4. The predicted octanol–water partition coefficient (Wildman–Crippen LogP) is 5.19. The van der Waals surface area contributed by atoms with E-state index in [9.17, 15) is 18.8 Å². The van der Waals surface area contributed by atoms with Crippen molar-refractivity contribution in [2.75, 3.05) is 30.4 Å². The molecule has 0 spiro atoms. The van der Waals surface area contributed by atoms with Gasteiger partial charge in [-0.3, -0.25) is 4.79 Å². The van der Waals surface area contributed by atoms with Gasteiger partial charge in [0.1, 0.15) is 17.5 Å². The molecule has 0 bridgehead atoms. The van der Waals surface area contributed by atoms with Crippen molar-refractivity contribution in [2.24, 2.45) is 0 Å². The minimum absolute atomic E-state index is 0.0125. The fourth-order valence-electron chi connectivity index (χ4n) is 3.91. The Morgan fingerprint density at radius 1 is 1.20 bits per heavy atom. The molecule has 1 aliphatic heterocycles. The predicted molar refractivity (Wildman–Crippen MR) is 127 cm³/mol. The number of nitriles is 1. The molecule has 3 aromatic rings. The Bertz CT molecular complexity index is 1290. The van der Waals surface area contributed by atoms with Crippen molar-refractivity contribution in [3.8, 4) is 17.7 Å². The van der Waals surface area contributed by atoms with Crippen LogP contribution in [0, 0.1) is 23.0 Å². The smallest absolute Gasteiger partial charge is 0.262 e. The maximum Gasteiger partial charge on any atom is 0.262 e. The van der Waals surface area contributed by atoms with Gasteiger partial charge in [0.05, 0.1) is 35.1 Å². The van der Waals surface area contributed by atoms with Gasteiger partial charge in [0.2, 0.25) is 5.88 Å². The summed E-state index contributed by atoms with van der Waals surface area (Å²) in [6, 6.07) is 11.8. The van der Waals surface area contributed by atoms with Crippen LogP contribution < -0.4 is 19.7 Å². The van der Waals surface area contributed by atoms with Crippen LogP contribution in [0.1, 0.15) is 28.8 Å². The third-order valence-electron chi connectivity index (χ3n) is 5.63. The average Bonchev–Trinajstić information content (AvgIpc) is 2.86. The van der Waals surface area contributed by atoms with Crippen molar-refractivity contribution in [1.29, 1.82) is 5.26 Å². The summed E-state index contributed by atoms with van der Waals surface area (Å²) in [6.45, 7) is 1.11. The zero-order chi connectivity index (χ0) is 24.9. The number of methoxy groups -OCH3 is 1. The Morgan fingerprint density at radius 3 is 2.66 bits per heavy atom. The summed E-state index contributed by atoms with van der Waals surface area (Å²) < 4.78 is 38.0. The Hall–Kier alpha value is -3.90. The van der Waals surface area contributed by atoms with Crippen LogP contribution in [0.25, 0.3) is 0 Å². The van der Waals surface area contributed by atoms with Gasteiger partial charge in [-0.2, -0.15) is 5.26 Å². The highest BCUT2D eigenvalue weighted by Crippen LogP contribution is 2.33. The number of hydrogen-bond donors (Lipinski definition) is 1. The van der Waals surface area contributed by atoms with Crippen LogP contribution in [0.5, 0.6) is 11.6 Å². The van der Waals surface area contributed by atoms with Crippen molar-refractivity contribution in [1.82, 2.24) is 4.98 Å². The van der Waals surface area contributed by atoms with Gasteiger partial charge in [0, 0.05) is 38.2 Å². The van der Waals surface area contributed by atoms with E-state index in [1.54, 1.807) is 18.2 Å². The first-order valence-electron chi connectivity index (χ1n) is 10.8. The van der Waals surface area contributed by atoms with Crippen LogP contribution in [0.2, 0.25) is 5.02 Å². The first-order valence-corrected chi connectivity index (χ1v) is 11.2. The molecule has 1 aliphatic rings. The zero-order valence-electron chi connectivity index (χ0n) is 18.7. The lowest BCUT2D eigenvalue weighted by atomic mass is 10.1. The lowest BCUT2D eigenvalue weighted by molar-refractivity contribution is 0.102. The normalized spacial score (nSPS) is 13.7. The Kier molecular flexibility index (Phi) is 7.32. The molecule has 1 N–H and O–H groups in total. The van der Waals surface area contributed by atoms with Crippen molar-refractivity contribution in [3.05, 3.63) is 76.4 Å². The third-order valence-corrected chi connectivity index (χ3v) is 5.94. The first kappa shape index (κ1) is 24.2. The van der Waals surface area contributed by atoms with E-state index in [0.29, 0.717) is 42.9 Å². The average molecular weight is 499 g/mol. The summed E-state index contributed by atoms with van der Waals surface area (Å²) in [7, 11) is 1.39. The van der Waals surface area contributed by atoms with Crippen LogP contribution in [0.15, 0.2) is 48.7 Å². The number of amides is 1. The van der Waals surface area contributed by atoms with Crippen LogP contribution >= 0.6 is 11.6 Å². The molecule has 4 rings (SSSR count). The molecule has 7 nitrogen and oxygen atoms in total. The molecule has 0 radical (unpaired) electrons. The lowest BCUT2D eigenvalue weighted by Crippen LogP contribution is -2.38. The largest absolute Gasteiger partial charge is 0.487 e. The topological polar surface area (TPSA) is 87.5 Å². The molecular weight excluding hydrogens is 478 g/mol.